The summed E-state index contributed by atoms with van der Waals surface area (Å²) in [7, 11) is -2.08. The first-order valence-electron chi connectivity index (χ1n) is 10.0. The Morgan fingerprint density at radius 3 is 0.840 bits per heavy atom. The van der Waals surface area contributed by atoms with E-state index in [-0.39, 0.29) is 16.5 Å². The second-order valence-corrected chi connectivity index (χ2v) is 17.5. The van der Waals surface area contributed by atoms with Gasteiger partial charge in [-0.1, -0.05) is 77.8 Å². The van der Waals surface area contributed by atoms with Gasteiger partial charge in [0.05, 0.1) is 0 Å². The van der Waals surface area contributed by atoms with Crippen LogP contribution >= 0.6 is 0 Å². The van der Waals surface area contributed by atoms with Crippen LogP contribution in [0.5, 0.6) is 0 Å². The molecule has 0 nitrogen and oxygen atoms in total. The van der Waals surface area contributed by atoms with Crippen LogP contribution < -0.4 is 10.4 Å². The molecule has 0 N–H and O–H groups in total. The van der Waals surface area contributed by atoms with Crippen LogP contribution in [0, 0.1) is 0 Å². The average Bonchev–Trinajstić information content (AvgIpc) is 3.34. The van der Waals surface area contributed by atoms with E-state index in [0.29, 0.717) is 0 Å². The van der Waals surface area contributed by atoms with Crippen molar-refractivity contribution < 1.29 is 16.5 Å². The Morgan fingerprint density at radius 1 is 0.480 bits per heavy atom. The molecule has 25 heavy (non-hydrogen) atoms. The Morgan fingerprint density at radius 2 is 0.680 bits per heavy atom. The summed E-state index contributed by atoms with van der Waals surface area (Å²) in [5.41, 5.74) is 0. The monoisotopic (exact) mass is 416 g/mol. The molecule has 0 saturated heterocycles. The molecule has 2 aromatic carbocycles. The standard InChI is InChI=1S/2C11H19Si.Ni/c2*1-4-12(5-2,6-3)11-9-7-8-10-11;/h2*7-10H,4-6H2,1-3H3;/q2*-1;+2. The first-order chi connectivity index (χ1) is 11.6. The van der Waals surface area contributed by atoms with Crippen LogP contribution in [0.15, 0.2) is 48.5 Å². The molecule has 3 heteroatoms. The summed E-state index contributed by atoms with van der Waals surface area (Å²) in [6, 6.07) is 26.4. The van der Waals surface area contributed by atoms with E-state index in [1.165, 1.54) is 36.3 Å². The predicted molar refractivity (Wildman–Crippen MR) is 118 cm³/mol. The summed E-state index contributed by atoms with van der Waals surface area (Å²) in [6.07, 6.45) is 0. The van der Waals surface area contributed by atoms with Crippen LogP contribution in [-0.2, 0) is 16.5 Å². The molecule has 0 bridgehead atoms. The largest absolute Gasteiger partial charge is 2.00 e. The molecule has 0 unspecified atom stereocenters. The molecular weight excluding hydrogens is 379 g/mol. The third-order valence-corrected chi connectivity index (χ3v) is 17.8. The van der Waals surface area contributed by atoms with Crippen molar-refractivity contribution in [2.75, 3.05) is 0 Å². The Bertz CT molecular complexity index is 454. The van der Waals surface area contributed by atoms with E-state index in [1.807, 2.05) is 0 Å². The van der Waals surface area contributed by atoms with Gasteiger partial charge < -0.3 is 0 Å². The first-order valence-corrected chi connectivity index (χ1v) is 15.3. The molecule has 0 fully saturated rings. The molecular formula is C22H38NiSi2. The van der Waals surface area contributed by atoms with Gasteiger partial charge in [0.1, 0.15) is 0 Å². The molecule has 0 radical (unpaired) electrons. The molecule has 0 aliphatic heterocycles. The van der Waals surface area contributed by atoms with Crippen molar-refractivity contribution in [3.63, 3.8) is 0 Å². The minimum atomic E-state index is -1.04. The molecule has 0 spiro atoms. The van der Waals surface area contributed by atoms with Gasteiger partial charge in [0.2, 0.25) is 0 Å². The smallest absolute Gasteiger partial charge is 0.214 e. The summed E-state index contributed by atoms with van der Waals surface area (Å²) in [6.45, 7) is 14.1. The summed E-state index contributed by atoms with van der Waals surface area (Å²) < 4.78 is 0. The zero-order chi connectivity index (χ0) is 18.1. The van der Waals surface area contributed by atoms with Gasteiger partial charge in [0.15, 0.2) is 0 Å². The zero-order valence-electron chi connectivity index (χ0n) is 17.2. The second kappa shape index (κ2) is 12.1. The van der Waals surface area contributed by atoms with Crippen LogP contribution in [0.1, 0.15) is 41.5 Å². The Hall–Kier alpha value is -0.373. The van der Waals surface area contributed by atoms with Crippen LogP contribution in [-0.4, -0.2) is 16.1 Å². The topological polar surface area (TPSA) is 0 Å². The Balaban J connectivity index is 0.000000443. The van der Waals surface area contributed by atoms with Gasteiger partial charge in [-0.3, -0.25) is 0 Å². The quantitative estimate of drug-likeness (QED) is 0.352. The van der Waals surface area contributed by atoms with Gasteiger partial charge in [0, 0.05) is 16.1 Å². The molecule has 0 saturated carbocycles. The van der Waals surface area contributed by atoms with E-state index in [1.54, 1.807) is 10.4 Å². The van der Waals surface area contributed by atoms with Gasteiger partial charge in [-0.2, -0.15) is 34.6 Å². The second-order valence-electron chi connectivity index (χ2n) is 7.03. The maximum absolute atomic E-state index is 2.35. The van der Waals surface area contributed by atoms with Crippen molar-refractivity contribution in [1.82, 2.24) is 0 Å². The maximum atomic E-state index is 2.35. The number of hydrogen-bond acceptors (Lipinski definition) is 0. The summed E-state index contributed by atoms with van der Waals surface area (Å²) in [5, 5.41) is 3.32. The van der Waals surface area contributed by atoms with E-state index in [0.717, 1.165) is 0 Å². The molecule has 2 rings (SSSR count). The van der Waals surface area contributed by atoms with Gasteiger partial charge in [-0.15, -0.1) is 0 Å². The van der Waals surface area contributed by atoms with Crippen molar-refractivity contribution >= 4 is 26.5 Å². The molecule has 0 aromatic heterocycles. The van der Waals surface area contributed by atoms with Crippen molar-refractivity contribution in [1.29, 1.82) is 0 Å². The number of rotatable bonds is 8. The molecule has 0 heterocycles. The normalized spacial score (nSPS) is 11.4. The van der Waals surface area contributed by atoms with Gasteiger partial charge in [0.25, 0.3) is 0 Å². The van der Waals surface area contributed by atoms with E-state index in [4.69, 9.17) is 0 Å². The molecule has 0 atom stereocenters. The van der Waals surface area contributed by atoms with Gasteiger partial charge in [-0.25, -0.2) is 24.3 Å². The average molecular weight is 417 g/mol. The molecule has 144 valence electrons. The summed E-state index contributed by atoms with van der Waals surface area (Å²) >= 11 is 0. The van der Waals surface area contributed by atoms with Gasteiger partial charge >= 0.3 is 16.5 Å². The fourth-order valence-corrected chi connectivity index (χ4v) is 11.4. The third kappa shape index (κ3) is 5.81. The van der Waals surface area contributed by atoms with Crippen molar-refractivity contribution in [3.05, 3.63) is 48.5 Å². The van der Waals surface area contributed by atoms with Crippen molar-refractivity contribution in [2.24, 2.45) is 0 Å². The minimum Gasteiger partial charge on any atom is -0.214 e. The minimum absolute atomic E-state index is 0. The predicted octanol–water partition coefficient (Wildman–Crippen LogP) is 6.24. The molecule has 0 amide bonds. The molecule has 0 aliphatic carbocycles. The number of hydrogen-bond donors (Lipinski definition) is 0. The van der Waals surface area contributed by atoms with Gasteiger partial charge in [-0.05, 0) is 0 Å². The third-order valence-electron chi connectivity index (χ3n) is 6.61. The van der Waals surface area contributed by atoms with Crippen LogP contribution in [0.4, 0.5) is 0 Å². The van der Waals surface area contributed by atoms with Crippen LogP contribution in [0.25, 0.3) is 0 Å². The summed E-state index contributed by atoms with van der Waals surface area (Å²) in [5.74, 6) is 0. The van der Waals surface area contributed by atoms with E-state index in [2.05, 4.69) is 90.1 Å². The molecule has 2 aromatic rings. The van der Waals surface area contributed by atoms with Crippen molar-refractivity contribution in [3.8, 4) is 0 Å². The van der Waals surface area contributed by atoms with E-state index >= 15 is 0 Å². The SMILES string of the molecule is CC[Si](CC)(CC)[c-]1cccc1.CC[Si](CC)(CC)[c-]1cccc1.[Ni+2]. The fourth-order valence-electron chi connectivity index (χ4n) is 4.18. The van der Waals surface area contributed by atoms with Crippen LogP contribution in [0.2, 0.25) is 36.3 Å². The van der Waals surface area contributed by atoms with Crippen molar-refractivity contribution in [2.45, 2.75) is 77.8 Å². The first kappa shape index (κ1) is 24.6. The Labute approximate surface area is 169 Å². The fraction of sp³-hybridized carbons (Fsp3) is 0.545. The molecule has 0 aliphatic rings. The van der Waals surface area contributed by atoms with Crippen LogP contribution in [0.3, 0.4) is 0 Å². The maximum Gasteiger partial charge on any atom is 2.00 e. The van der Waals surface area contributed by atoms with E-state index < -0.39 is 16.1 Å². The zero-order valence-corrected chi connectivity index (χ0v) is 20.2. The summed E-state index contributed by atoms with van der Waals surface area (Å²) in [4.78, 5) is 0. The van der Waals surface area contributed by atoms with E-state index in [9.17, 15) is 0 Å². The Kier molecular flexibility index (Phi) is 11.9.